The largest absolute Gasteiger partial charge is 0.493 e. The first-order valence-electron chi connectivity index (χ1n) is 7.42. The second-order valence-electron chi connectivity index (χ2n) is 6.35. The van der Waals surface area contributed by atoms with Crippen molar-refractivity contribution in [3.8, 4) is 5.75 Å². The highest BCUT2D eigenvalue weighted by molar-refractivity contribution is 5.75. The average Bonchev–Trinajstić information content (AvgIpc) is 2.48. The third kappa shape index (κ3) is 4.00. The van der Waals surface area contributed by atoms with Gasteiger partial charge in [0.15, 0.2) is 11.6 Å². The molecule has 0 atom stereocenters. The van der Waals surface area contributed by atoms with Crippen molar-refractivity contribution in [3.05, 3.63) is 35.4 Å². The van der Waals surface area contributed by atoms with Crippen molar-refractivity contribution in [1.29, 1.82) is 0 Å². The van der Waals surface area contributed by atoms with E-state index < -0.39 is 17.2 Å². The van der Waals surface area contributed by atoms with Gasteiger partial charge in [0, 0.05) is 18.7 Å². The summed E-state index contributed by atoms with van der Waals surface area (Å²) < 4.78 is 37.4. The van der Waals surface area contributed by atoms with E-state index in [0.29, 0.717) is 25.1 Å². The first kappa shape index (κ1) is 17.2. The van der Waals surface area contributed by atoms with Gasteiger partial charge in [-0.15, -0.1) is 0 Å². The van der Waals surface area contributed by atoms with Crippen molar-refractivity contribution in [3.63, 3.8) is 0 Å². The molecule has 0 radical (unpaired) electrons. The molecule has 1 heterocycles. The molecule has 6 heteroatoms. The Labute approximate surface area is 134 Å². The maximum Gasteiger partial charge on any atom is 0.410 e. The predicted octanol–water partition coefficient (Wildman–Crippen LogP) is 4.00. The number of carbonyl (C=O) groups is 1. The predicted molar refractivity (Wildman–Crippen MR) is 83.3 cm³/mol. The lowest BCUT2D eigenvalue weighted by Crippen LogP contribution is -2.39. The Morgan fingerprint density at radius 3 is 2.48 bits per heavy atom. The van der Waals surface area contributed by atoms with Crippen LogP contribution in [-0.2, 0) is 4.74 Å². The van der Waals surface area contributed by atoms with Crippen LogP contribution in [0.15, 0.2) is 18.2 Å². The SMILES string of the molecule is COc1c(C2=CCN(C(=O)OC(C)(C)C)CC2)ccc(F)c1F. The summed E-state index contributed by atoms with van der Waals surface area (Å²) in [6, 6.07) is 2.57. The first-order chi connectivity index (χ1) is 10.7. The third-order valence-corrected chi connectivity index (χ3v) is 3.46. The molecule has 1 aromatic rings. The number of carbonyl (C=O) groups excluding carboxylic acids is 1. The first-order valence-corrected chi connectivity index (χ1v) is 7.42. The zero-order valence-electron chi connectivity index (χ0n) is 13.8. The third-order valence-electron chi connectivity index (χ3n) is 3.46. The number of ether oxygens (including phenoxy) is 2. The molecule has 2 rings (SSSR count). The van der Waals surface area contributed by atoms with E-state index >= 15 is 0 Å². The van der Waals surface area contributed by atoms with Crippen LogP contribution in [0.1, 0.15) is 32.8 Å². The molecule has 126 valence electrons. The van der Waals surface area contributed by atoms with Crippen molar-refractivity contribution >= 4 is 11.7 Å². The molecule has 0 saturated carbocycles. The Balaban J connectivity index is 2.17. The highest BCUT2D eigenvalue weighted by atomic mass is 19.2. The van der Waals surface area contributed by atoms with Gasteiger partial charge in [0.05, 0.1) is 7.11 Å². The van der Waals surface area contributed by atoms with E-state index in [-0.39, 0.29) is 11.8 Å². The molecule has 0 aliphatic carbocycles. The Morgan fingerprint density at radius 2 is 1.96 bits per heavy atom. The molecular formula is C17H21F2NO3. The summed E-state index contributed by atoms with van der Waals surface area (Å²) in [5, 5.41) is 0. The quantitative estimate of drug-likeness (QED) is 0.825. The maximum atomic E-state index is 13.8. The molecule has 0 unspecified atom stereocenters. The number of hydrogen-bond acceptors (Lipinski definition) is 3. The molecule has 23 heavy (non-hydrogen) atoms. The second-order valence-corrected chi connectivity index (χ2v) is 6.35. The van der Waals surface area contributed by atoms with Gasteiger partial charge in [-0.05, 0) is 44.9 Å². The Morgan fingerprint density at radius 1 is 1.26 bits per heavy atom. The van der Waals surface area contributed by atoms with Gasteiger partial charge < -0.3 is 14.4 Å². The topological polar surface area (TPSA) is 38.8 Å². The zero-order chi connectivity index (χ0) is 17.2. The molecule has 1 aromatic carbocycles. The molecular weight excluding hydrogens is 304 g/mol. The molecule has 1 aliphatic heterocycles. The summed E-state index contributed by atoms with van der Waals surface area (Å²) in [6.07, 6.45) is 1.94. The van der Waals surface area contributed by atoms with E-state index in [1.165, 1.54) is 13.2 Å². The minimum Gasteiger partial charge on any atom is -0.493 e. The molecule has 0 bridgehead atoms. The summed E-state index contributed by atoms with van der Waals surface area (Å²) in [4.78, 5) is 13.6. The lowest BCUT2D eigenvalue weighted by atomic mass is 9.98. The fraction of sp³-hybridized carbons (Fsp3) is 0.471. The van der Waals surface area contributed by atoms with Crippen LogP contribution in [0.2, 0.25) is 0 Å². The molecule has 0 saturated heterocycles. The fourth-order valence-electron chi connectivity index (χ4n) is 2.39. The number of hydrogen-bond donors (Lipinski definition) is 0. The van der Waals surface area contributed by atoms with Crippen molar-refractivity contribution in [1.82, 2.24) is 4.90 Å². The lowest BCUT2D eigenvalue weighted by Gasteiger charge is -2.30. The smallest absolute Gasteiger partial charge is 0.410 e. The monoisotopic (exact) mass is 325 g/mol. The van der Waals surface area contributed by atoms with Crippen LogP contribution in [0.3, 0.4) is 0 Å². The molecule has 1 amide bonds. The Bertz CT molecular complexity index is 635. The van der Waals surface area contributed by atoms with E-state index in [1.807, 2.05) is 26.8 Å². The van der Waals surface area contributed by atoms with Crippen LogP contribution >= 0.6 is 0 Å². The van der Waals surface area contributed by atoms with Gasteiger partial charge in [0.2, 0.25) is 5.82 Å². The van der Waals surface area contributed by atoms with Crippen molar-refractivity contribution in [2.75, 3.05) is 20.2 Å². The van der Waals surface area contributed by atoms with Crippen LogP contribution in [0.4, 0.5) is 13.6 Å². The fourth-order valence-corrected chi connectivity index (χ4v) is 2.39. The van der Waals surface area contributed by atoms with Crippen molar-refractivity contribution < 1.29 is 23.0 Å². The summed E-state index contributed by atoms with van der Waals surface area (Å²) in [5.41, 5.74) is 0.778. The second kappa shape index (κ2) is 6.56. The van der Waals surface area contributed by atoms with Gasteiger partial charge in [-0.25, -0.2) is 9.18 Å². The lowest BCUT2D eigenvalue weighted by molar-refractivity contribution is 0.0270. The van der Waals surface area contributed by atoms with Gasteiger partial charge in [-0.2, -0.15) is 4.39 Å². The van der Waals surface area contributed by atoms with Crippen LogP contribution in [0.25, 0.3) is 5.57 Å². The molecule has 4 nitrogen and oxygen atoms in total. The zero-order valence-corrected chi connectivity index (χ0v) is 13.8. The van der Waals surface area contributed by atoms with Crippen LogP contribution in [0, 0.1) is 11.6 Å². The standard InChI is InChI=1S/C17H21F2NO3/c1-17(2,3)23-16(21)20-9-7-11(8-10-20)12-5-6-13(18)14(19)15(12)22-4/h5-7H,8-10H2,1-4H3. The highest BCUT2D eigenvalue weighted by Crippen LogP contribution is 2.33. The summed E-state index contributed by atoms with van der Waals surface area (Å²) in [7, 11) is 1.30. The van der Waals surface area contributed by atoms with E-state index in [0.717, 1.165) is 11.6 Å². The van der Waals surface area contributed by atoms with Gasteiger partial charge >= 0.3 is 6.09 Å². The van der Waals surface area contributed by atoms with E-state index in [4.69, 9.17) is 9.47 Å². The summed E-state index contributed by atoms with van der Waals surface area (Å²) >= 11 is 0. The van der Waals surface area contributed by atoms with E-state index in [1.54, 1.807) is 4.90 Å². The van der Waals surface area contributed by atoms with Crippen molar-refractivity contribution in [2.24, 2.45) is 0 Å². The van der Waals surface area contributed by atoms with Gasteiger partial charge in [-0.1, -0.05) is 6.08 Å². The number of benzene rings is 1. The molecule has 0 fully saturated rings. The van der Waals surface area contributed by atoms with Gasteiger partial charge in [0.1, 0.15) is 5.60 Å². The number of rotatable bonds is 2. The molecule has 0 spiro atoms. The summed E-state index contributed by atoms with van der Waals surface area (Å²) in [6.45, 7) is 6.22. The van der Waals surface area contributed by atoms with Crippen molar-refractivity contribution in [2.45, 2.75) is 32.8 Å². The Kier molecular flexibility index (Phi) is 4.92. The number of methoxy groups -OCH3 is 1. The number of halogens is 2. The average molecular weight is 325 g/mol. The van der Waals surface area contributed by atoms with Crippen LogP contribution < -0.4 is 4.74 Å². The molecule has 1 aliphatic rings. The Hall–Kier alpha value is -2.11. The van der Waals surface area contributed by atoms with Crippen LogP contribution in [-0.4, -0.2) is 36.8 Å². The minimum atomic E-state index is -1.000. The van der Waals surface area contributed by atoms with Gasteiger partial charge in [0.25, 0.3) is 0 Å². The normalized spacial score (nSPS) is 15.2. The molecule has 0 aromatic heterocycles. The van der Waals surface area contributed by atoms with E-state index in [2.05, 4.69) is 0 Å². The highest BCUT2D eigenvalue weighted by Gasteiger charge is 2.25. The number of amides is 1. The maximum absolute atomic E-state index is 13.8. The molecule has 0 N–H and O–H groups in total. The van der Waals surface area contributed by atoms with Gasteiger partial charge in [-0.3, -0.25) is 0 Å². The number of nitrogens with zero attached hydrogens (tertiary/aromatic N) is 1. The van der Waals surface area contributed by atoms with Crippen LogP contribution in [0.5, 0.6) is 5.75 Å². The minimum absolute atomic E-state index is 0.109. The summed E-state index contributed by atoms with van der Waals surface area (Å²) in [5.74, 6) is -2.06. The van der Waals surface area contributed by atoms with E-state index in [9.17, 15) is 13.6 Å².